The first-order chi connectivity index (χ1) is 17.7. The van der Waals surface area contributed by atoms with Gasteiger partial charge in [-0.1, -0.05) is 94.3 Å². The molecule has 202 valence electrons. The maximum Gasteiger partial charge on any atom is 0.307 e. The molecule has 1 aliphatic carbocycles. The van der Waals surface area contributed by atoms with Gasteiger partial charge in [0, 0.05) is 11.6 Å². The second-order valence-electron chi connectivity index (χ2n) is 11.9. The number of nitrogens with one attached hydrogen (secondary N) is 1. The Kier molecular flexibility index (Phi) is 9.21. The van der Waals surface area contributed by atoms with Gasteiger partial charge in [0.15, 0.2) is 0 Å². The van der Waals surface area contributed by atoms with Gasteiger partial charge in [-0.15, -0.1) is 11.6 Å². The van der Waals surface area contributed by atoms with Crippen molar-refractivity contribution in [1.82, 2.24) is 5.32 Å². The van der Waals surface area contributed by atoms with Gasteiger partial charge in [-0.2, -0.15) is 0 Å². The summed E-state index contributed by atoms with van der Waals surface area (Å²) in [6.07, 6.45) is 7.04. The number of carbonyl (C=O) groups excluding carboxylic acids is 1. The van der Waals surface area contributed by atoms with Crippen LogP contribution in [-0.2, 0) is 14.0 Å². The Balaban J connectivity index is 1.57. The molecule has 4 atom stereocenters. The molecule has 1 heterocycles. The van der Waals surface area contributed by atoms with E-state index in [1.807, 2.05) is 6.92 Å². The van der Waals surface area contributed by atoms with Crippen LogP contribution in [0.2, 0.25) is 5.04 Å². The highest BCUT2D eigenvalue weighted by molar-refractivity contribution is 6.99. The molecule has 0 unspecified atom stereocenters. The lowest BCUT2D eigenvalue weighted by Crippen LogP contribution is -2.67. The van der Waals surface area contributed by atoms with Crippen molar-refractivity contribution in [3.63, 3.8) is 0 Å². The molecular weight excluding hydrogens is 498 g/mol. The lowest BCUT2D eigenvalue weighted by atomic mass is 9.76. The molecule has 2 fully saturated rings. The Morgan fingerprint density at radius 3 is 2.14 bits per heavy atom. The van der Waals surface area contributed by atoms with E-state index in [2.05, 4.69) is 86.8 Å². The van der Waals surface area contributed by atoms with Crippen LogP contribution in [0.3, 0.4) is 0 Å². The molecule has 2 aromatic carbocycles. The van der Waals surface area contributed by atoms with Gasteiger partial charge in [0.25, 0.3) is 8.32 Å². The Morgan fingerprint density at radius 2 is 1.59 bits per heavy atom. The molecule has 2 aliphatic rings. The van der Waals surface area contributed by atoms with E-state index in [1.54, 1.807) is 0 Å². The average Bonchev–Trinajstić information content (AvgIpc) is 3.27. The maximum absolute atomic E-state index is 12.2. The molecule has 37 heavy (non-hydrogen) atoms. The third-order valence-electron chi connectivity index (χ3n) is 8.55. The van der Waals surface area contributed by atoms with E-state index < -0.39 is 8.32 Å². The summed E-state index contributed by atoms with van der Waals surface area (Å²) in [5.41, 5.74) is -0.0172. The first-order valence-electron chi connectivity index (χ1n) is 14.0. The second-order valence-corrected chi connectivity index (χ2v) is 16.8. The van der Waals surface area contributed by atoms with Gasteiger partial charge in [0.2, 0.25) is 0 Å². The zero-order valence-corrected chi connectivity index (χ0v) is 24.7. The van der Waals surface area contributed by atoms with Crippen LogP contribution in [-0.4, -0.2) is 44.5 Å². The highest BCUT2D eigenvalue weighted by Gasteiger charge is 2.52. The van der Waals surface area contributed by atoms with Crippen LogP contribution in [0.4, 0.5) is 0 Å². The third-order valence-corrected chi connectivity index (χ3v) is 14.0. The minimum Gasteiger partial charge on any atom is -0.466 e. The fourth-order valence-corrected chi connectivity index (χ4v) is 12.1. The predicted octanol–water partition coefficient (Wildman–Crippen LogP) is 5.80. The molecule has 1 saturated heterocycles. The van der Waals surface area contributed by atoms with Crippen LogP contribution >= 0.6 is 11.6 Å². The highest BCUT2D eigenvalue weighted by atomic mass is 35.5. The molecule has 0 amide bonds. The van der Waals surface area contributed by atoms with Gasteiger partial charge in [0.1, 0.15) is 0 Å². The maximum atomic E-state index is 12.2. The zero-order valence-electron chi connectivity index (χ0n) is 23.0. The minimum absolute atomic E-state index is 0.0172. The largest absolute Gasteiger partial charge is 0.466 e. The smallest absolute Gasteiger partial charge is 0.307 e. The summed E-state index contributed by atoms with van der Waals surface area (Å²) in [7, 11) is -2.63. The van der Waals surface area contributed by atoms with E-state index in [-0.39, 0.29) is 28.0 Å². The summed E-state index contributed by atoms with van der Waals surface area (Å²) in [4.78, 5) is 12.2. The lowest BCUT2D eigenvalue weighted by molar-refractivity contribution is -0.144. The number of carbonyl (C=O) groups is 1. The summed E-state index contributed by atoms with van der Waals surface area (Å²) >= 11 is 7.31. The van der Waals surface area contributed by atoms with Crippen LogP contribution in [0.1, 0.15) is 72.6 Å². The number of hydrogen-bond donors (Lipinski definition) is 1. The molecule has 1 saturated carbocycles. The first-order valence-corrected chi connectivity index (χ1v) is 16.4. The Bertz CT molecular complexity index is 973. The third kappa shape index (κ3) is 6.00. The number of piperidine rings is 1. The van der Waals surface area contributed by atoms with Crippen LogP contribution < -0.4 is 15.7 Å². The highest BCUT2D eigenvalue weighted by Crippen LogP contribution is 2.46. The zero-order chi connectivity index (χ0) is 26.5. The van der Waals surface area contributed by atoms with Gasteiger partial charge in [-0.3, -0.25) is 4.79 Å². The van der Waals surface area contributed by atoms with E-state index in [0.29, 0.717) is 25.6 Å². The molecule has 6 heteroatoms. The normalized spacial score (nSPS) is 25.2. The molecule has 4 nitrogen and oxygen atoms in total. The van der Waals surface area contributed by atoms with Crippen LogP contribution in [0.5, 0.6) is 0 Å². The van der Waals surface area contributed by atoms with Crippen molar-refractivity contribution in [2.75, 3.05) is 13.2 Å². The molecule has 4 rings (SSSR count). The topological polar surface area (TPSA) is 47.6 Å². The number of alkyl halides is 1. The van der Waals surface area contributed by atoms with Crippen molar-refractivity contribution in [2.24, 2.45) is 5.92 Å². The summed E-state index contributed by atoms with van der Waals surface area (Å²) in [5, 5.41) is 6.30. The van der Waals surface area contributed by atoms with Crippen LogP contribution in [0, 0.1) is 5.92 Å². The molecular formula is C31H44ClNO3Si. The van der Waals surface area contributed by atoms with Gasteiger partial charge < -0.3 is 14.5 Å². The number of benzene rings is 2. The first kappa shape index (κ1) is 28.3. The van der Waals surface area contributed by atoms with Crippen molar-refractivity contribution in [2.45, 2.75) is 94.6 Å². The van der Waals surface area contributed by atoms with Gasteiger partial charge in [-0.05, 0) is 53.9 Å². The van der Waals surface area contributed by atoms with Gasteiger partial charge in [0.05, 0.1) is 25.0 Å². The van der Waals surface area contributed by atoms with Gasteiger partial charge >= 0.3 is 5.97 Å². The fraction of sp³-hybridized carbons (Fsp3) is 0.581. The van der Waals surface area contributed by atoms with E-state index >= 15 is 0 Å². The number of hydrogen-bond acceptors (Lipinski definition) is 4. The van der Waals surface area contributed by atoms with E-state index in [9.17, 15) is 4.79 Å². The number of halogens is 1. The van der Waals surface area contributed by atoms with Crippen LogP contribution in [0.15, 0.2) is 60.7 Å². The summed E-state index contributed by atoms with van der Waals surface area (Å²) in [6.45, 7) is 9.74. The quantitative estimate of drug-likeness (QED) is 0.247. The van der Waals surface area contributed by atoms with Gasteiger partial charge in [-0.25, -0.2) is 0 Å². The SMILES string of the molecule is CCOC(=O)C[C@H]1CCC[C@]2(CCC[C@@H]2[C@@H](Cl)CO[Si](c2ccccc2)(c2ccccc2)C(C)(C)C)N1. The Morgan fingerprint density at radius 1 is 1.03 bits per heavy atom. The summed E-state index contributed by atoms with van der Waals surface area (Å²) < 4.78 is 12.4. The molecule has 2 aromatic rings. The summed E-state index contributed by atoms with van der Waals surface area (Å²) in [6, 6.07) is 21.7. The average molecular weight is 542 g/mol. The van der Waals surface area contributed by atoms with Crippen molar-refractivity contribution in [3.8, 4) is 0 Å². The number of rotatable bonds is 9. The molecule has 0 radical (unpaired) electrons. The van der Waals surface area contributed by atoms with E-state index in [1.165, 1.54) is 10.4 Å². The molecule has 0 bridgehead atoms. The molecule has 1 N–H and O–H groups in total. The molecule has 0 aromatic heterocycles. The van der Waals surface area contributed by atoms with E-state index in [0.717, 1.165) is 38.5 Å². The predicted molar refractivity (Wildman–Crippen MR) is 155 cm³/mol. The summed E-state index contributed by atoms with van der Waals surface area (Å²) in [5.74, 6) is 0.210. The minimum atomic E-state index is -2.63. The Labute approximate surface area is 229 Å². The number of ether oxygens (including phenoxy) is 1. The van der Waals surface area contributed by atoms with Crippen molar-refractivity contribution < 1.29 is 14.0 Å². The number of esters is 1. The molecule has 1 spiro atoms. The lowest BCUT2D eigenvalue weighted by Gasteiger charge is -2.47. The van der Waals surface area contributed by atoms with Crippen LogP contribution in [0.25, 0.3) is 0 Å². The molecule has 1 aliphatic heterocycles. The fourth-order valence-electron chi connectivity index (χ4n) is 6.99. The van der Waals surface area contributed by atoms with E-state index in [4.69, 9.17) is 20.8 Å². The standard InChI is InChI=1S/C31H44ClNO3Si/c1-5-35-29(34)22-24-14-12-20-31(33-24)21-13-19-27(31)28(32)23-36-37(30(2,3)4,25-15-8-6-9-16-25)26-17-10-7-11-18-26/h6-11,15-18,24,27-28,33H,5,12-14,19-23H2,1-4H3/t24-,27-,28+,31-/m1/s1. The van der Waals surface area contributed by atoms with Crippen molar-refractivity contribution in [3.05, 3.63) is 60.7 Å². The van der Waals surface area contributed by atoms with Crippen molar-refractivity contribution >= 4 is 36.3 Å². The Hall–Kier alpha value is -1.66. The second kappa shape index (κ2) is 12.0. The monoisotopic (exact) mass is 541 g/mol. The van der Waals surface area contributed by atoms with Crippen molar-refractivity contribution in [1.29, 1.82) is 0 Å².